The van der Waals surface area contributed by atoms with E-state index in [0.29, 0.717) is 28.6 Å². The van der Waals surface area contributed by atoms with Gasteiger partial charge in [0.15, 0.2) is 5.75 Å². The van der Waals surface area contributed by atoms with E-state index in [0.717, 1.165) is 12.8 Å². The van der Waals surface area contributed by atoms with E-state index < -0.39 is 4.92 Å². The van der Waals surface area contributed by atoms with Crippen molar-refractivity contribution >= 4 is 29.2 Å². The van der Waals surface area contributed by atoms with E-state index >= 15 is 0 Å². The summed E-state index contributed by atoms with van der Waals surface area (Å²) in [5.41, 5.74) is 3.77. The molecule has 0 aromatic heterocycles. The summed E-state index contributed by atoms with van der Waals surface area (Å²) in [6, 6.07) is 8.12. The minimum Gasteiger partial charge on any atom is -0.495 e. The number of ether oxygens (including phenoxy) is 3. The summed E-state index contributed by atoms with van der Waals surface area (Å²) in [7, 11) is 2.96. The zero-order valence-electron chi connectivity index (χ0n) is 15.9. The molecule has 150 valence electrons. The largest absolute Gasteiger partial charge is 0.495 e. The molecule has 1 N–H and O–H groups in total. The van der Waals surface area contributed by atoms with Gasteiger partial charge in [0.05, 0.1) is 42.7 Å². The Bertz CT molecular complexity index is 858. The highest BCUT2D eigenvalue weighted by Crippen LogP contribution is 2.38. The topological polar surface area (TPSA) is 95.2 Å². The molecule has 0 heterocycles. The van der Waals surface area contributed by atoms with E-state index in [-0.39, 0.29) is 17.2 Å². The second-order valence-corrected chi connectivity index (χ2v) is 6.16. The Morgan fingerprint density at radius 2 is 1.96 bits per heavy atom. The lowest BCUT2D eigenvalue weighted by Gasteiger charge is -2.11. The average molecular weight is 408 g/mol. The lowest BCUT2D eigenvalue weighted by atomic mass is 10.2. The number of methoxy groups -OCH3 is 2. The van der Waals surface area contributed by atoms with Gasteiger partial charge in [0.1, 0.15) is 5.75 Å². The van der Waals surface area contributed by atoms with Crippen LogP contribution in [0.4, 0.5) is 11.4 Å². The Morgan fingerprint density at radius 1 is 1.21 bits per heavy atom. The van der Waals surface area contributed by atoms with Crippen molar-refractivity contribution in [3.63, 3.8) is 0 Å². The van der Waals surface area contributed by atoms with E-state index in [4.69, 9.17) is 25.8 Å². The van der Waals surface area contributed by atoms with Gasteiger partial charge in [-0.05, 0) is 30.7 Å². The van der Waals surface area contributed by atoms with Gasteiger partial charge in [-0.1, -0.05) is 24.9 Å². The average Bonchev–Trinajstić information content (AvgIpc) is 2.68. The fraction of sp³-hybridized carbons (Fsp3) is 0.316. The summed E-state index contributed by atoms with van der Waals surface area (Å²) in [6.07, 6.45) is 3.16. The highest BCUT2D eigenvalue weighted by Gasteiger charge is 2.22. The zero-order chi connectivity index (χ0) is 20.5. The number of benzene rings is 2. The van der Waals surface area contributed by atoms with Crippen molar-refractivity contribution in [3.8, 4) is 17.2 Å². The van der Waals surface area contributed by atoms with Crippen LogP contribution >= 0.6 is 11.6 Å². The number of hydrogen-bond donors (Lipinski definition) is 1. The number of halogens is 1. The molecular weight excluding hydrogens is 386 g/mol. The van der Waals surface area contributed by atoms with Crippen LogP contribution in [0.15, 0.2) is 35.4 Å². The number of nitro groups is 1. The molecule has 0 fully saturated rings. The molecule has 28 heavy (non-hydrogen) atoms. The minimum atomic E-state index is -0.502. The second-order valence-electron chi connectivity index (χ2n) is 5.75. The first-order valence-corrected chi connectivity index (χ1v) is 8.99. The van der Waals surface area contributed by atoms with Crippen LogP contribution in [0.1, 0.15) is 25.3 Å². The quantitative estimate of drug-likeness (QED) is 0.261. The molecule has 0 atom stereocenters. The SMILES string of the molecule is CCCCOc1c(OC)cc(/C=N/Nc2ccc(OC)c(Cl)c2)cc1[N+](=O)[O-]. The maximum absolute atomic E-state index is 11.5. The van der Waals surface area contributed by atoms with Gasteiger partial charge in [0.25, 0.3) is 0 Å². The molecule has 0 radical (unpaired) electrons. The first-order chi connectivity index (χ1) is 13.5. The van der Waals surface area contributed by atoms with Crippen molar-refractivity contribution in [1.29, 1.82) is 0 Å². The van der Waals surface area contributed by atoms with Crippen molar-refractivity contribution in [2.75, 3.05) is 26.3 Å². The Hall–Kier alpha value is -3.00. The second kappa shape index (κ2) is 10.4. The number of hydrogen-bond acceptors (Lipinski definition) is 7. The highest BCUT2D eigenvalue weighted by molar-refractivity contribution is 6.32. The van der Waals surface area contributed by atoms with Crippen molar-refractivity contribution < 1.29 is 19.1 Å². The molecule has 0 bridgehead atoms. The molecule has 2 aromatic rings. The molecule has 8 nitrogen and oxygen atoms in total. The molecule has 0 aliphatic carbocycles. The number of nitro benzene ring substituents is 1. The van der Waals surface area contributed by atoms with Crippen molar-refractivity contribution in [3.05, 3.63) is 51.0 Å². The predicted molar refractivity (Wildman–Crippen MR) is 109 cm³/mol. The molecule has 0 amide bonds. The molecule has 0 saturated carbocycles. The molecule has 2 rings (SSSR count). The summed E-state index contributed by atoms with van der Waals surface area (Å²) in [4.78, 5) is 10.9. The molecule has 0 aliphatic heterocycles. The summed E-state index contributed by atoms with van der Waals surface area (Å²) < 4.78 is 15.9. The van der Waals surface area contributed by atoms with Crippen molar-refractivity contribution in [2.24, 2.45) is 5.10 Å². The number of nitrogens with one attached hydrogen (secondary N) is 1. The third-order valence-corrected chi connectivity index (χ3v) is 4.07. The molecular formula is C19H22ClN3O5. The van der Waals surface area contributed by atoms with Crippen LogP contribution in [0.2, 0.25) is 5.02 Å². The van der Waals surface area contributed by atoms with Gasteiger partial charge in [-0.3, -0.25) is 15.5 Å². The van der Waals surface area contributed by atoms with Gasteiger partial charge < -0.3 is 14.2 Å². The Morgan fingerprint density at radius 3 is 2.57 bits per heavy atom. The number of anilines is 1. The fourth-order valence-corrected chi connectivity index (χ4v) is 2.61. The lowest BCUT2D eigenvalue weighted by molar-refractivity contribution is -0.386. The molecule has 0 spiro atoms. The van der Waals surface area contributed by atoms with Gasteiger partial charge >= 0.3 is 5.69 Å². The van der Waals surface area contributed by atoms with Crippen LogP contribution in [-0.4, -0.2) is 32.0 Å². The molecule has 0 saturated heterocycles. The van der Waals surface area contributed by atoms with E-state index in [1.54, 1.807) is 24.3 Å². The summed E-state index contributed by atoms with van der Waals surface area (Å²) in [5, 5.41) is 16.0. The van der Waals surface area contributed by atoms with Gasteiger partial charge in [-0.2, -0.15) is 5.10 Å². The first-order valence-electron chi connectivity index (χ1n) is 8.62. The molecule has 2 aromatic carbocycles. The number of unbranched alkanes of at least 4 members (excludes halogenated alkanes) is 1. The van der Waals surface area contributed by atoms with Crippen molar-refractivity contribution in [1.82, 2.24) is 0 Å². The van der Waals surface area contributed by atoms with E-state index in [2.05, 4.69) is 10.5 Å². The smallest absolute Gasteiger partial charge is 0.315 e. The highest BCUT2D eigenvalue weighted by atomic mass is 35.5. The summed E-state index contributed by atoms with van der Waals surface area (Å²) >= 11 is 6.07. The Kier molecular flexibility index (Phi) is 7.88. The van der Waals surface area contributed by atoms with Crippen LogP contribution in [0.25, 0.3) is 0 Å². The number of rotatable bonds is 10. The zero-order valence-corrected chi connectivity index (χ0v) is 16.7. The van der Waals surface area contributed by atoms with Crippen LogP contribution < -0.4 is 19.6 Å². The van der Waals surface area contributed by atoms with Crippen LogP contribution in [-0.2, 0) is 0 Å². The Balaban J connectivity index is 2.22. The maximum Gasteiger partial charge on any atom is 0.315 e. The van der Waals surface area contributed by atoms with Gasteiger partial charge in [-0.25, -0.2) is 0 Å². The number of hydrazone groups is 1. The summed E-state index contributed by atoms with van der Waals surface area (Å²) in [6.45, 7) is 2.39. The van der Waals surface area contributed by atoms with E-state index in [1.807, 2.05) is 6.92 Å². The third-order valence-electron chi connectivity index (χ3n) is 3.78. The maximum atomic E-state index is 11.5. The van der Waals surface area contributed by atoms with Crippen LogP contribution in [0.3, 0.4) is 0 Å². The van der Waals surface area contributed by atoms with E-state index in [1.165, 1.54) is 26.5 Å². The van der Waals surface area contributed by atoms with Crippen molar-refractivity contribution in [2.45, 2.75) is 19.8 Å². The molecule has 0 unspecified atom stereocenters. The van der Waals surface area contributed by atoms with Gasteiger partial charge in [0, 0.05) is 11.6 Å². The van der Waals surface area contributed by atoms with E-state index in [9.17, 15) is 10.1 Å². The predicted octanol–water partition coefficient (Wildman–Crippen LogP) is 4.89. The first kappa shape index (κ1) is 21.3. The standard InChI is InChI=1S/C19H22ClN3O5/c1-4-5-8-28-19-16(23(24)25)9-13(10-18(19)27-3)12-21-22-14-6-7-17(26-2)15(20)11-14/h6-7,9-12,22H,4-5,8H2,1-3H3/b21-12+. The Labute approximate surface area is 168 Å². The minimum absolute atomic E-state index is 0.119. The molecule has 0 aliphatic rings. The van der Waals surface area contributed by atoms with Crippen LogP contribution in [0, 0.1) is 10.1 Å². The number of nitrogens with zero attached hydrogens (tertiary/aromatic N) is 2. The van der Waals surface area contributed by atoms with Gasteiger partial charge in [0.2, 0.25) is 5.75 Å². The lowest BCUT2D eigenvalue weighted by Crippen LogP contribution is -2.03. The normalized spacial score (nSPS) is 10.7. The molecule has 9 heteroatoms. The van der Waals surface area contributed by atoms with Gasteiger partial charge in [-0.15, -0.1) is 0 Å². The summed E-state index contributed by atoms with van der Waals surface area (Å²) in [5.74, 6) is 0.947. The van der Waals surface area contributed by atoms with Crippen LogP contribution in [0.5, 0.6) is 17.2 Å². The third kappa shape index (κ3) is 5.50. The fourth-order valence-electron chi connectivity index (χ4n) is 2.35. The monoisotopic (exact) mass is 407 g/mol.